The Morgan fingerprint density at radius 2 is 1.77 bits per heavy atom. The molecule has 0 amide bonds. The maximum atomic E-state index is 13.0. The fourth-order valence-corrected chi connectivity index (χ4v) is 5.56. The van der Waals surface area contributed by atoms with E-state index >= 15 is 0 Å². The molecule has 4 rings (SSSR count). The van der Waals surface area contributed by atoms with E-state index in [4.69, 9.17) is 32.4 Å². The number of hydrogen-bond donors (Lipinski definition) is 0. The van der Waals surface area contributed by atoms with Crippen molar-refractivity contribution in [3.63, 3.8) is 0 Å². The van der Waals surface area contributed by atoms with Gasteiger partial charge in [-0.3, -0.25) is 4.90 Å². The van der Waals surface area contributed by atoms with E-state index in [9.17, 15) is 8.42 Å². The fraction of sp³-hybridized carbons (Fsp3) is 0.286. The number of sulfonamides is 1. The Hall–Kier alpha value is -2.10. The van der Waals surface area contributed by atoms with Crippen LogP contribution in [-0.4, -0.2) is 55.9 Å². The van der Waals surface area contributed by atoms with Gasteiger partial charge in [0, 0.05) is 36.8 Å². The molecule has 0 spiro atoms. The van der Waals surface area contributed by atoms with Crippen LogP contribution < -0.4 is 4.74 Å². The number of benzene rings is 2. The molecule has 0 N–H and O–H groups in total. The number of oxazole rings is 1. The maximum absolute atomic E-state index is 13.0. The summed E-state index contributed by atoms with van der Waals surface area (Å²) in [7, 11) is -2.09. The molecule has 7 nitrogen and oxygen atoms in total. The van der Waals surface area contributed by atoms with Gasteiger partial charge in [-0.1, -0.05) is 23.2 Å². The molecule has 2 aromatic carbocycles. The van der Waals surface area contributed by atoms with Crippen molar-refractivity contribution < 1.29 is 17.6 Å². The monoisotopic (exact) mass is 481 g/mol. The lowest BCUT2D eigenvalue weighted by Crippen LogP contribution is -2.48. The van der Waals surface area contributed by atoms with Gasteiger partial charge < -0.3 is 9.15 Å². The molecule has 1 fully saturated rings. The van der Waals surface area contributed by atoms with Gasteiger partial charge >= 0.3 is 0 Å². The van der Waals surface area contributed by atoms with Crippen molar-refractivity contribution in [3.05, 3.63) is 64.6 Å². The van der Waals surface area contributed by atoms with Crippen LogP contribution in [0.25, 0.3) is 11.3 Å². The number of halogens is 2. The third-order valence-electron chi connectivity index (χ3n) is 5.13. The van der Waals surface area contributed by atoms with E-state index < -0.39 is 10.0 Å². The third kappa shape index (κ3) is 4.88. The van der Waals surface area contributed by atoms with Gasteiger partial charge in [0.2, 0.25) is 15.9 Å². The summed E-state index contributed by atoms with van der Waals surface area (Å²) in [6.07, 6.45) is 1.69. The van der Waals surface area contributed by atoms with E-state index in [1.165, 1.54) is 16.4 Å². The highest BCUT2D eigenvalue weighted by molar-refractivity contribution is 7.89. The minimum absolute atomic E-state index is 0.0342. The summed E-state index contributed by atoms with van der Waals surface area (Å²) in [5, 5.41) is 0.496. The number of ether oxygens (including phenoxy) is 1. The quantitative estimate of drug-likeness (QED) is 0.525. The van der Waals surface area contributed by atoms with Gasteiger partial charge in [-0.05, 0) is 42.5 Å². The molecular weight excluding hydrogens is 461 g/mol. The van der Waals surface area contributed by atoms with E-state index in [-0.39, 0.29) is 9.92 Å². The zero-order valence-corrected chi connectivity index (χ0v) is 19.1. The van der Waals surface area contributed by atoms with E-state index in [0.717, 1.165) is 11.3 Å². The SMILES string of the molecule is COc1ccc(-c2cnc(CN3CCN(S(=O)(=O)c4cc(Cl)ccc4Cl)CC3)o2)cc1. The van der Waals surface area contributed by atoms with Crippen molar-refractivity contribution in [2.24, 2.45) is 0 Å². The summed E-state index contributed by atoms with van der Waals surface area (Å²) in [6.45, 7) is 2.30. The first-order valence-electron chi connectivity index (χ1n) is 9.63. The number of nitrogens with zero attached hydrogens (tertiary/aromatic N) is 3. The van der Waals surface area contributed by atoms with Gasteiger partial charge in [-0.15, -0.1) is 0 Å². The molecule has 3 aromatic rings. The van der Waals surface area contributed by atoms with Crippen LogP contribution in [0.4, 0.5) is 0 Å². The molecule has 0 radical (unpaired) electrons. The molecular formula is C21H21Cl2N3O4S. The normalized spacial score (nSPS) is 15.8. The molecule has 1 aliphatic heterocycles. The third-order valence-corrected chi connectivity index (χ3v) is 7.74. The zero-order valence-electron chi connectivity index (χ0n) is 16.8. The zero-order chi connectivity index (χ0) is 22.0. The summed E-state index contributed by atoms with van der Waals surface area (Å²) < 4.78 is 38.4. The Labute approximate surface area is 191 Å². The largest absolute Gasteiger partial charge is 0.497 e. The maximum Gasteiger partial charge on any atom is 0.244 e. The van der Waals surface area contributed by atoms with Crippen LogP contribution in [-0.2, 0) is 16.6 Å². The van der Waals surface area contributed by atoms with Crippen molar-refractivity contribution in [1.82, 2.24) is 14.2 Å². The van der Waals surface area contributed by atoms with E-state index in [2.05, 4.69) is 9.88 Å². The topological polar surface area (TPSA) is 75.9 Å². The second-order valence-electron chi connectivity index (χ2n) is 7.10. The summed E-state index contributed by atoms with van der Waals surface area (Å²) in [5.74, 6) is 2.03. The molecule has 31 heavy (non-hydrogen) atoms. The first-order chi connectivity index (χ1) is 14.9. The summed E-state index contributed by atoms with van der Waals surface area (Å²) in [6, 6.07) is 12.0. The van der Waals surface area contributed by atoms with Gasteiger partial charge in [-0.2, -0.15) is 4.31 Å². The number of piperazine rings is 1. The number of hydrogen-bond acceptors (Lipinski definition) is 6. The highest BCUT2D eigenvalue weighted by atomic mass is 35.5. The average molecular weight is 482 g/mol. The Morgan fingerprint density at radius 3 is 2.45 bits per heavy atom. The Kier molecular flexibility index (Phi) is 6.55. The summed E-state index contributed by atoms with van der Waals surface area (Å²) in [4.78, 5) is 6.50. The molecule has 2 heterocycles. The Bertz CT molecular complexity index is 1160. The molecule has 0 bridgehead atoms. The second-order valence-corrected chi connectivity index (χ2v) is 9.85. The van der Waals surface area contributed by atoms with Crippen molar-refractivity contribution in [2.75, 3.05) is 33.3 Å². The van der Waals surface area contributed by atoms with Gasteiger partial charge in [0.25, 0.3) is 0 Å². The van der Waals surface area contributed by atoms with Gasteiger partial charge in [0.1, 0.15) is 10.6 Å². The smallest absolute Gasteiger partial charge is 0.244 e. The molecule has 1 aromatic heterocycles. The molecule has 1 saturated heterocycles. The highest BCUT2D eigenvalue weighted by Gasteiger charge is 2.30. The van der Waals surface area contributed by atoms with Crippen LogP contribution in [0, 0.1) is 0 Å². The molecule has 0 saturated carbocycles. The first-order valence-corrected chi connectivity index (χ1v) is 11.8. The van der Waals surface area contributed by atoms with Crippen LogP contribution in [0.2, 0.25) is 10.0 Å². The van der Waals surface area contributed by atoms with Crippen LogP contribution in [0.3, 0.4) is 0 Å². The van der Waals surface area contributed by atoms with Gasteiger partial charge in [0.05, 0.1) is 24.9 Å². The predicted molar refractivity (Wildman–Crippen MR) is 119 cm³/mol. The van der Waals surface area contributed by atoms with Crippen LogP contribution >= 0.6 is 23.2 Å². The lowest BCUT2D eigenvalue weighted by molar-refractivity contribution is 0.169. The minimum Gasteiger partial charge on any atom is -0.497 e. The Balaban J connectivity index is 1.38. The highest BCUT2D eigenvalue weighted by Crippen LogP contribution is 2.29. The van der Waals surface area contributed by atoms with Crippen molar-refractivity contribution in [3.8, 4) is 17.1 Å². The van der Waals surface area contributed by atoms with E-state index in [1.807, 2.05) is 24.3 Å². The molecule has 1 aliphatic rings. The summed E-state index contributed by atoms with van der Waals surface area (Å²) >= 11 is 12.1. The first kappa shape index (κ1) is 22.1. The van der Waals surface area contributed by atoms with Gasteiger partial charge in [0.15, 0.2) is 5.76 Å². The molecule has 0 aliphatic carbocycles. The fourth-order valence-electron chi connectivity index (χ4n) is 3.41. The van der Waals surface area contributed by atoms with Crippen molar-refractivity contribution >= 4 is 33.2 Å². The van der Waals surface area contributed by atoms with Crippen LogP contribution in [0.1, 0.15) is 5.89 Å². The van der Waals surface area contributed by atoms with Crippen LogP contribution in [0.5, 0.6) is 5.75 Å². The van der Waals surface area contributed by atoms with Crippen molar-refractivity contribution in [2.45, 2.75) is 11.4 Å². The lowest BCUT2D eigenvalue weighted by atomic mass is 10.2. The van der Waals surface area contributed by atoms with E-state index in [0.29, 0.717) is 49.4 Å². The Morgan fingerprint density at radius 1 is 1.06 bits per heavy atom. The molecule has 10 heteroatoms. The predicted octanol–water partition coefficient (Wildman–Crippen LogP) is 4.16. The van der Waals surface area contributed by atoms with Crippen molar-refractivity contribution in [1.29, 1.82) is 0 Å². The second kappa shape index (κ2) is 9.18. The molecule has 164 valence electrons. The average Bonchev–Trinajstić information content (AvgIpc) is 3.24. The number of methoxy groups -OCH3 is 1. The van der Waals surface area contributed by atoms with Crippen LogP contribution in [0.15, 0.2) is 58.0 Å². The minimum atomic E-state index is -3.71. The van der Waals surface area contributed by atoms with Gasteiger partial charge in [-0.25, -0.2) is 13.4 Å². The summed E-state index contributed by atoms with van der Waals surface area (Å²) in [5.41, 5.74) is 0.911. The standard InChI is InChI=1S/C21H21Cl2N3O4S/c1-29-17-5-2-15(3-6-17)19-13-24-21(30-19)14-25-8-10-26(11-9-25)31(27,28)20-12-16(22)4-7-18(20)23/h2-7,12-13H,8-11,14H2,1H3. The van der Waals surface area contributed by atoms with E-state index in [1.54, 1.807) is 19.4 Å². The number of aromatic nitrogens is 1. The molecule has 0 atom stereocenters. The molecule has 0 unspecified atom stereocenters. The number of rotatable bonds is 6. The lowest BCUT2D eigenvalue weighted by Gasteiger charge is -2.33.